The molecule has 118 valence electrons. The smallest absolute Gasteiger partial charge is 0.261 e. The topological polar surface area (TPSA) is 38.7 Å². The fourth-order valence-corrected chi connectivity index (χ4v) is 4.33. The highest BCUT2D eigenvalue weighted by molar-refractivity contribution is 7.99. The third-order valence-corrected chi connectivity index (χ3v) is 5.27. The summed E-state index contributed by atoms with van der Waals surface area (Å²) in [5.41, 5.74) is -0.0427. The van der Waals surface area contributed by atoms with Crippen molar-refractivity contribution < 1.29 is 23.4 Å². The van der Waals surface area contributed by atoms with E-state index >= 15 is 0 Å². The van der Waals surface area contributed by atoms with Gasteiger partial charge in [-0.1, -0.05) is 0 Å². The summed E-state index contributed by atoms with van der Waals surface area (Å²) >= 11 is 1.96. The van der Waals surface area contributed by atoms with Gasteiger partial charge in [-0.15, -0.1) is 0 Å². The minimum Gasteiger partial charge on any atom is -0.393 e. The van der Waals surface area contributed by atoms with Gasteiger partial charge in [0.2, 0.25) is 0 Å². The van der Waals surface area contributed by atoms with E-state index in [0.29, 0.717) is 13.0 Å². The Labute approximate surface area is 123 Å². The average molecular weight is 310 g/mol. The van der Waals surface area contributed by atoms with Crippen LogP contribution in [0.2, 0.25) is 0 Å². The molecule has 2 heterocycles. The maximum Gasteiger partial charge on any atom is 0.261 e. The van der Waals surface area contributed by atoms with Crippen LogP contribution in [-0.4, -0.2) is 54.6 Å². The minimum absolute atomic E-state index is 0.0427. The maximum atomic E-state index is 11.9. The Balaban J connectivity index is 1.73. The van der Waals surface area contributed by atoms with Crippen molar-refractivity contribution in [2.45, 2.75) is 50.2 Å². The van der Waals surface area contributed by atoms with E-state index in [9.17, 15) is 13.9 Å². The molecule has 0 aromatic heterocycles. The summed E-state index contributed by atoms with van der Waals surface area (Å²) in [6.07, 6.45) is 1.39. The number of ether oxygens (including phenoxy) is 2. The molecule has 2 rings (SSSR count). The maximum absolute atomic E-state index is 11.9. The lowest BCUT2D eigenvalue weighted by molar-refractivity contribution is -0.123. The number of aliphatic hydroxyl groups is 1. The van der Waals surface area contributed by atoms with Gasteiger partial charge in [0.05, 0.1) is 11.7 Å². The standard InChI is InChI=1S/C14H24F2O3S/c15-13(16)10-18-5-2-12(17)11-1-6-19-14(9-11)3-7-20-8-4-14/h11-13,17H,1-10H2. The lowest BCUT2D eigenvalue weighted by Gasteiger charge is -2.44. The molecule has 1 N–H and O–H groups in total. The van der Waals surface area contributed by atoms with E-state index < -0.39 is 19.1 Å². The molecule has 0 aliphatic carbocycles. The molecule has 0 amide bonds. The number of hydrogen-bond acceptors (Lipinski definition) is 4. The zero-order valence-electron chi connectivity index (χ0n) is 11.7. The van der Waals surface area contributed by atoms with Crippen LogP contribution in [0, 0.1) is 5.92 Å². The second-order valence-corrected chi connectivity index (χ2v) is 6.94. The molecule has 0 bridgehead atoms. The van der Waals surface area contributed by atoms with Gasteiger partial charge < -0.3 is 14.6 Å². The van der Waals surface area contributed by atoms with Gasteiger partial charge in [-0.3, -0.25) is 0 Å². The Hall–Kier alpha value is 0.0900. The third kappa shape index (κ3) is 4.83. The van der Waals surface area contributed by atoms with Crippen LogP contribution in [0.15, 0.2) is 0 Å². The van der Waals surface area contributed by atoms with Crippen molar-refractivity contribution in [1.29, 1.82) is 0 Å². The van der Waals surface area contributed by atoms with Gasteiger partial charge in [0.15, 0.2) is 0 Å². The first kappa shape index (κ1) is 16.5. The van der Waals surface area contributed by atoms with Gasteiger partial charge in [-0.25, -0.2) is 8.78 Å². The van der Waals surface area contributed by atoms with Gasteiger partial charge in [0.1, 0.15) is 6.61 Å². The Morgan fingerprint density at radius 2 is 2.10 bits per heavy atom. The highest BCUT2D eigenvalue weighted by atomic mass is 32.2. The van der Waals surface area contributed by atoms with E-state index in [4.69, 9.17) is 9.47 Å². The zero-order valence-corrected chi connectivity index (χ0v) is 12.5. The first-order valence-corrected chi connectivity index (χ1v) is 8.52. The van der Waals surface area contributed by atoms with Crippen molar-refractivity contribution in [3.05, 3.63) is 0 Å². The van der Waals surface area contributed by atoms with Crippen LogP contribution in [0.5, 0.6) is 0 Å². The molecule has 2 fully saturated rings. The predicted octanol–water partition coefficient (Wildman–Crippen LogP) is 2.71. The summed E-state index contributed by atoms with van der Waals surface area (Å²) in [6.45, 7) is 0.359. The molecule has 0 saturated carbocycles. The van der Waals surface area contributed by atoms with Crippen molar-refractivity contribution in [3.63, 3.8) is 0 Å². The molecule has 2 aliphatic rings. The van der Waals surface area contributed by atoms with Crippen LogP contribution < -0.4 is 0 Å². The third-order valence-electron chi connectivity index (χ3n) is 4.28. The lowest BCUT2D eigenvalue weighted by atomic mass is 9.79. The second-order valence-electron chi connectivity index (χ2n) is 5.72. The van der Waals surface area contributed by atoms with Crippen molar-refractivity contribution in [2.75, 3.05) is 31.3 Å². The van der Waals surface area contributed by atoms with E-state index in [-0.39, 0.29) is 18.1 Å². The molecule has 2 unspecified atom stereocenters. The molecule has 2 saturated heterocycles. The van der Waals surface area contributed by atoms with Crippen LogP contribution in [0.25, 0.3) is 0 Å². The first-order chi connectivity index (χ1) is 9.61. The Morgan fingerprint density at radius 3 is 2.80 bits per heavy atom. The van der Waals surface area contributed by atoms with E-state index in [1.807, 2.05) is 11.8 Å². The minimum atomic E-state index is -2.43. The Bertz CT molecular complexity index is 280. The molecular formula is C14H24F2O3S. The fourth-order valence-electron chi connectivity index (χ4n) is 3.10. The summed E-state index contributed by atoms with van der Waals surface area (Å²) in [5.74, 6) is 2.46. The van der Waals surface area contributed by atoms with Crippen molar-refractivity contribution >= 4 is 11.8 Å². The van der Waals surface area contributed by atoms with E-state index in [1.165, 1.54) is 0 Å². The Kier molecular flexibility index (Phi) is 6.52. The first-order valence-electron chi connectivity index (χ1n) is 7.37. The normalized spacial score (nSPS) is 27.9. The van der Waals surface area contributed by atoms with Gasteiger partial charge in [0, 0.05) is 13.2 Å². The average Bonchev–Trinajstić information content (AvgIpc) is 2.44. The summed E-state index contributed by atoms with van der Waals surface area (Å²) in [7, 11) is 0. The Morgan fingerprint density at radius 1 is 1.35 bits per heavy atom. The number of rotatable bonds is 6. The summed E-state index contributed by atoms with van der Waals surface area (Å²) in [6, 6.07) is 0. The number of alkyl halides is 2. The predicted molar refractivity (Wildman–Crippen MR) is 75.4 cm³/mol. The van der Waals surface area contributed by atoms with Crippen LogP contribution in [-0.2, 0) is 9.47 Å². The molecule has 3 nitrogen and oxygen atoms in total. The van der Waals surface area contributed by atoms with Crippen molar-refractivity contribution in [1.82, 2.24) is 0 Å². The number of thioether (sulfide) groups is 1. The van der Waals surface area contributed by atoms with Crippen LogP contribution >= 0.6 is 11.8 Å². The van der Waals surface area contributed by atoms with Crippen molar-refractivity contribution in [3.8, 4) is 0 Å². The monoisotopic (exact) mass is 310 g/mol. The molecule has 6 heteroatoms. The van der Waals surface area contributed by atoms with Crippen LogP contribution in [0.1, 0.15) is 32.1 Å². The van der Waals surface area contributed by atoms with E-state index in [1.54, 1.807) is 0 Å². The molecule has 0 aromatic rings. The highest BCUT2D eigenvalue weighted by Crippen LogP contribution is 2.41. The fraction of sp³-hybridized carbons (Fsp3) is 1.00. The number of hydrogen-bond donors (Lipinski definition) is 1. The summed E-state index contributed by atoms with van der Waals surface area (Å²) in [5, 5.41) is 10.2. The SMILES string of the molecule is OC(CCOCC(F)F)C1CCOC2(CCSCC2)C1. The van der Waals surface area contributed by atoms with Gasteiger partial charge in [0.25, 0.3) is 6.43 Å². The van der Waals surface area contributed by atoms with Crippen molar-refractivity contribution in [2.24, 2.45) is 5.92 Å². The molecule has 2 atom stereocenters. The van der Waals surface area contributed by atoms with Crippen LogP contribution in [0.4, 0.5) is 8.78 Å². The molecule has 1 spiro atoms. The second kappa shape index (κ2) is 7.92. The summed E-state index contributed by atoms with van der Waals surface area (Å²) in [4.78, 5) is 0. The zero-order chi connectivity index (χ0) is 14.4. The lowest BCUT2D eigenvalue weighted by Crippen LogP contribution is -2.45. The van der Waals surface area contributed by atoms with E-state index in [2.05, 4.69) is 0 Å². The van der Waals surface area contributed by atoms with Gasteiger partial charge >= 0.3 is 0 Å². The number of halogens is 2. The highest BCUT2D eigenvalue weighted by Gasteiger charge is 2.40. The van der Waals surface area contributed by atoms with E-state index in [0.717, 1.165) is 37.2 Å². The largest absolute Gasteiger partial charge is 0.393 e. The molecule has 0 radical (unpaired) electrons. The molecule has 20 heavy (non-hydrogen) atoms. The van der Waals surface area contributed by atoms with Crippen LogP contribution in [0.3, 0.4) is 0 Å². The molecule has 0 aromatic carbocycles. The molecule has 2 aliphatic heterocycles. The van der Waals surface area contributed by atoms with Gasteiger partial charge in [-0.2, -0.15) is 11.8 Å². The quantitative estimate of drug-likeness (QED) is 0.766. The van der Waals surface area contributed by atoms with Gasteiger partial charge in [-0.05, 0) is 49.5 Å². The molecular weight excluding hydrogens is 286 g/mol. The summed E-state index contributed by atoms with van der Waals surface area (Å²) < 4.78 is 34.7. The number of aliphatic hydroxyl groups excluding tert-OH is 1.